The van der Waals surface area contributed by atoms with E-state index in [2.05, 4.69) is 10.6 Å². The molecule has 1 aromatic carbocycles. The Bertz CT molecular complexity index is 770. The zero-order chi connectivity index (χ0) is 19.6. The maximum Gasteiger partial charge on any atom is 0.316 e. The summed E-state index contributed by atoms with van der Waals surface area (Å²) in [6.45, 7) is 4.24. The van der Waals surface area contributed by atoms with Crippen molar-refractivity contribution in [2.75, 3.05) is 18.5 Å². The maximum absolute atomic E-state index is 12.7. The molecule has 1 saturated heterocycles. The van der Waals surface area contributed by atoms with Crippen LogP contribution >= 0.6 is 67.8 Å². The highest BCUT2D eigenvalue weighted by Crippen LogP contribution is 2.35. The average molecular weight is 699 g/mol. The van der Waals surface area contributed by atoms with Crippen molar-refractivity contribution in [3.8, 4) is 0 Å². The molecule has 1 aliphatic heterocycles. The number of carbonyl (C=O) groups excluding carboxylic acids is 3. The smallest absolute Gasteiger partial charge is 0.316 e. The van der Waals surface area contributed by atoms with Crippen molar-refractivity contribution in [2.45, 2.75) is 25.7 Å². The SMILES string of the molecule is CC1(C)OCC(CNC(=O)c2c(I)c(C=O)c(I)c(NC(N)=O)c2I)O1. The van der Waals surface area contributed by atoms with Gasteiger partial charge in [0.2, 0.25) is 0 Å². The van der Waals surface area contributed by atoms with Crippen LogP contribution in [0, 0.1) is 10.7 Å². The average Bonchev–Trinajstić information content (AvgIpc) is 2.89. The summed E-state index contributed by atoms with van der Waals surface area (Å²) in [7, 11) is 0. The molecule has 2 rings (SSSR count). The highest BCUT2D eigenvalue weighted by Gasteiger charge is 2.33. The third-order valence-corrected chi connectivity index (χ3v) is 6.82. The van der Waals surface area contributed by atoms with Crippen LogP contribution in [0.25, 0.3) is 0 Å². The second-order valence-corrected chi connectivity index (χ2v) is 9.11. The van der Waals surface area contributed by atoms with Crippen molar-refractivity contribution in [1.82, 2.24) is 5.32 Å². The van der Waals surface area contributed by atoms with Crippen LogP contribution in [-0.4, -0.2) is 43.3 Å². The largest absolute Gasteiger partial charge is 0.351 e. The van der Waals surface area contributed by atoms with E-state index < -0.39 is 11.8 Å². The molecule has 0 bridgehead atoms. The summed E-state index contributed by atoms with van der Waals surface area (Å²) < 4.78 is 12.7. The number of nitrogens with two attached hydrogens (primary N) is 1. The molecule has 4 N–H and O–H groups in total. The monoisotopic (exact) mass is 699 g/mol. The molecule has 0 radical (unpaired) electrons. The second kappa shape index (κ2) is 8.83. The Balaban J connectivity index is 2.31. The molecule has 0 aliphatic carbocycles. The number of anilines is 1. The van der Waals surface area contributed by atoms with Crippen molar-refractivity contribution in [2.24, 2.45) is 5.73 Å². The van der Waals surface area contributed by atoms with Crippen LogP contribution in [-0.2, 0) is 9.47 Å². The summed E-state index contributed by atoms with van der Waals surface area (Å²) in [4.78, 5) is 35.5. The topological polar surface area (TPSA) is 120 Å². The zero-order valence-corrected chi connectivity index (χ0v) is 20.3. The Hall–Kier alpha value is -0.260. The molecule has 1 aliphatic rings. The number of urea groups is 1. The van der Waals surface area contributed by atoms with E-state index in [-0.39, 0.29) is 18.6 Å². The molecule has 1 heterocycles. The van der Waals surface area contributed by atoms with Gasteiger partial charge in [-0.3, -0.25) is 9.59 Å². The minimum atomic E-state index is -0.774. The molecule has 1 fully saturated rings. The Morgan fingerprint density at radius 2 is 1.92 bits per heavy atom. The number of ether oxygens (including phenoxy) is 2. The minimum Gasteiger partial charge on any atom is -0.351 e. The van der Waals surface area contributed by atoms with Gasteiger partial charge in [-0.15, -0.1) is 0 Å². The van der Waals surface area contributed by atoms with Gasteiger partial charge in [-0.1, -0.05) is 0 Å². The number of hydrogen-bond acceptors (Lipinski definition) is 5. The number of nitrogens with one attached hydrogen (secondary N) is 2. The van der Waals surface area contributed by atoms with Gasteiger partial charge in [0.15, 0.2) is 12.1 Å². The maximum atomic E-state index is 12.7. The lowest BCUT2D eigenvalue weighted by molar-refractivity contribution is -0.137. The minimum absolute atomic E-state index is 0.259. The molecule has 26 heavy (non-hydrogen) atoms. The summed E-state index contributed by atoms with van der Waals surface area (Å²) in [6, 6.07) is -0.774. The van der Waals surface area contributed by atoms with Gasteiger partial charge >= 0.3 is 6.03 Å². The molecule has 0 spiro atoms. The first-order valence-corrected chi connectivity index (χ1v) is 10.6. The number of aldehydes is 1. The van der Waals surface area contributed by atoms with Gasteiger partial charge in [0.25, 0.3) is 5.91 Å². The molecular formula is C15H16I3N3O5. The third kappa shape index (κ3) is 4.96. The van der Waals surface area contributed by atoms with Crippen molar-refractivity contribution in [3.63, 3.8) is 0 Å². The van der Waals surface area contributed by atoms with E-state index in [4.69, 9.17) is 15.2 Å². The molecule has 0 saturated carbocycles. The van der Waals surface area contributed by atoms with Crippen molar-refractivity contribution in [3.05, 3.63) is 21.8 Å². The molecule has 8 nitrogen and oxygen atoms in total. The van der Waals surface area contributed by atoms with E-state index in [1.807, 2.05) is 67.8 Å². The standard InChI is InChI=1S/C15H16I3N3O5/c1-15(2)25-5-6(26-15)3-20-13(23)8-9(16)7(4-22)10(17)12(11(8)18)21-14(19)24/h4,6H,3,5H2,1-2H3,(H,20,23)(H3,19,21,24). The number of primary amides is 1. The van der Waals surface area contributed by atoms with E-state index in [0.29, 0.717) is 40.4 Å². The lowest BCUT2D eigenvalue weighted by Gasteiger charge is -2.19. The first kappa shape index (κ1) is 22.0. The number of halogens is 3. The van der Waals surface area contributed by atoms with E-state index in [0.717, 1.165) is 0 Å². The molecule has 142 valence electrons. The van der Waals surface area contributed by atoms with Gasteiger partial charge in [0.05, 0.1) is 21.4 Å². The number of hydrogen-bond donors (Lipinski definition) is 3. The summed E-state index contributed by atoms with van der Waals surface area (Å²) in [5.41, 5.74) is 6.17. The van der Waals surface area contributed by atoms with Crippen LogP contribution in [0.4, 0.5) is 10.5 Å². The molecule has 3 amide bonds. The van der Waals surface area contributed by atoms with Crippen LogP contribution in [0.15, 0.2) is 0 Å². The molecule has 1 atom stereocenters. The van der Waals surface area contributed by atoms with Gasteiger partial charge in [-0.05, 0) is 81.6 Å². The van der Waals surface area contributed by atoms with Gasteiger partial charge in [-0.2, -0.15) is 0 Å². The highest BCUT2D eigenvalue weighted by atomic mass is 127. The normalized spacial score (nSPS) is 18.4. The second-order valence-electron chi connectivity index (χ2n) is 5.87. The van der Waals surface area contributed by atoms with Crippen LogP contribution < -0.4 is 16.4 Å². The first-order chi connectivity index (χ1) is 12.1. The Labute approximate surface area is 191 Å². The predicted molar refractivity (Wildman–Crippen MR) is 120 cm³/mol. The fourth-order valence-corrected chi connectivity index (χ4v) is 6.56. The summed E-state index contributed by atoms with van der Waals surface area (Å²) in [5, 5.41) is 5.28. The molecule has 1 unspecified atom stereocenters. The van der Waals surface area contributed by atoms with E-state index in [1.165, 1.54) is 0 Å². The van der Waals surface area contributed by atoms with Gasteiger partial charge in [-0.25, -0.2) is 4.79 Å². The van der Waals surface area contributed by atoms with Crippen molar-refractivity contribution < 1.29 is 23.9 Å². The molecule has 0 aromatic heterocycles. The Morgan fingerprint density at radius 3 is 2.42 bits per heavy atom. The van der Waals surface area contributed by atoms with Crippen LogP contribution in [0.1, 0.15) is 34.6 Å². The third-order valence-electron chi connectivity index (χ3n) is 3.50. The van der Waals surface area contributed by atoms with E-state index in [9.17, 15) is 14.4 Å². The number of benzene rings is 1. The first-order valence-electron chi connectivity index (χ1n) is 7.39. The molecular weight excluding hydrogens is 683 g/mol. The van der Waals surface area contributed by atoms with Crippen LogP contribution in [0.2, 0.25) is 0 Å². The highest BCUT2D eigenvalue weighted by molar-refractivity contribution is 14.1. The summed E-state index contributed by atoms with van der Waals surface area (Å²) >= 11 is 5.85. The van der Waals surface area contributed by atoms with E-state index >= 15 is 0 Å². The Kier molecular flexibility index (Phi) is 7.48. The fourth-order valence-electron chi connectivity index (χ4n) is 2.38. The number of carbonyl (C=O) groups is 3. The lowest BCUT2D eigenvalue weighted by atomic mass is 10.1. The summed E-state index contributed by atoms with van der Waals surface area (Å²) in [6.07, 6.45) is 0.390. The van der Waals surface area contributed by atoms with Gasteiger partial charge in [0, 0.05) is 19.2 Å². The lowest BCUT2D eigenvalue weighted by Crippen LogP contribution is -2.35. The number of rotatable bonds is 5. The van der Waals surface area contributed by atoms with Crippen LogP contribution in [0.5, 0.6) is 0 Å². The van der Waals surface area contributed by atoms with Gasteiger partial charge in [0.1, 0.15) is 6.10 Å². The molecule has 11 heteroatoms. The Morgan fingerprint density at radius 1 is 1.27 bits per heavy atom. The van der Waals surface area contributed by atoms with Crippen molar-refractivity contribution >= 4 is 91.7 Å². The number of amides is 3. The predicted octanol–water partition coefficient (Wildman–Crippen LogP) is 2.68. The van der Waals surface area contributed by atoms with E-state index in [1.54, 1.807) is 13.8 Å². The quantitative estimate of drug-likeness (QED) is 0.323. The zero-order valence-electron chi connectivity index (χ0n) is 13.8. The molecule has 1 aromatic rings. The van der Waals surface area contributed by atoms with Gasteiger partial charge < -0.3 is 25.8 Å². The summed E-state index contributed by atoms with van der Waals surface area (Å²) in [5.74, 6) is -1.05. The van der Waals surface area contributed by atoms with Crippen LogP contribution in [0.3, 0.4) is 0 Å². The van der Waals surface area contributed by atoms with Crippen molar-refractivity contribution in [1.29, 1.82) is 0 Å². The fraction of sp³-hybridized carbons (Fsp3) is 0.400.